The number of aromatic amines is 1. The second-order valence-corrected chi connectivity index (χ2v) is 7.66. The van der Waals surface area contributed by atoms with Gasteiger partial charge in [0, 0.05) is 37.3 Å². The molecule has 2 heterocycles. The topological polar surface area (TPSA) is 61.0 Å². The number of amides is 1. The second-order valence-electron chi connectivity index (χ2n) is 7.66. The lowest BCUT2D eigenvalue weighted by atomic mass is 10.0. The molecule has 0 radical (unpaired) electrons. The molecule has 2 N–H and O–H groups in total. The van der Waals surface area contributed by atoms with Crippen LogP contribution in [0.25, 0.3) is 0 Å². The molecule has 1 aromatic carbocycles. The van der Waals surface area contributed by atoms with Crippen LogP contribution < -0.4 is 5.32 Å². The summed E-state index contributed by atoms with van der Waals surface area (Å²) < 4.78 is 26.4. The predicted molar refractivity (Wildman–Crippen MR) is 97.4 cm³/mol. The van der Waals surface area contributed by atoms with Crippen molar-refractivity contribution >= 4 is 5.91 Å². The highest BCUT2D eigenvalue weighted by Crippen LogP contribution is 2.41. The fourth-order valence-electron chi connectivity index (χ4n) is 3.78. The molecule has 0 unspecified atom stereocenters. The van der Waals surface area contributed by atoms with Crippen molar-refractivity contribution < 1.29 is 13.6 Å². The molecule has 7 heteroatoms. The zero-order chi connectivity index (χ0) is 19.0. The van der Waals surface area contributed by atoms with Gasteiger partial charge in [0.05, 0.1) is 11.3 Å². The summed E-state index contributed by atoms with van der Waals surface area (Å²) in [6, 6.07) is 4.17. The first-order valence-corrected chi connectivity index (χ1v) is 9.53. The quantitative estimate of drug-likeness (QED) is 0.844. The van der Waals surface area contributed by atoms with Crippen molar-refractivity contribution in [2.45, 2.75) is 51.1 Å². The number of aromatic nitrogens is 2. The minimum atomic E-state index is -0.819. The van der Waals surface area contributed by atoms with Gasteiger partial charge in [-0.2, -0.15) is 5.10 Å². The number of halogens is 2. The number of carbonyl (C=O) groups is 1. The van der Waals surface area contributed by atoms with Crippen molar-refractivity contribution in [1.82, 2.24) is 20.4 Å². The molecule has 2 aromatic rings. The average Bonchev–Trinajstić information content (AvgIpc) is 3.42. The third kappa shape index (κ3) is 4.03. The lowest BCUT2D eigenvalue weighted by Crippen LogP contribution is -2.44. The van der Waals surface area contributed by atoms with E-state index in [0.717, 1.165) is 55.7 Å². The van der Waals surface area contributed by atoms with Crippen molar-refractivity contribution in [3.05, 3.63) is 52.3 Å². The molecule has 1 amide bonds. The molecule has 1 saturated heterocycles. The normalized spacial score (nSPS) is 18.6. The van der Waals surface area contributed by atoms with Crippen LogP contribution in [-0.2, 0) is 6.54 Å². The Morgan fingerprint density at radius 3 is 2.63 bits per heavy atom. The van der Waals surface area contributed by atoms with Crippen LogP contribution in [-0.4, -0.2) is 40.1 Å². The molecule has 0 spiro atoms. The van der Waals surface area contributed by atoms with Gasteiger partial charge in [0.25, 0.3) is 5.91 Å². The van der Waals surface area contributed by atoms with Crippen molar-refractivity contribution in [2.24, 2.45) is 0 Å². The number of hydrogen-bond donors (Lipinski definition) is 2. The van der Waals surface area contributed by atoms with Gasteiger partial charge in [-0.15, -0.1) is 0 Å². The third-order valence-electron chi connectivity index (χ3n) is 5.48. The Morgan fingerprint density at radius 1 is 1.22 bits per heavy atom. The molecule has 27 heavy (non-hydrogen) atoms. The molecule has 2 fully saturated rings. The van der Waals surface area contributed by atoms with E-state index in [4.69, 9.17) is 0 Å². The molecule has 2 aliphatic rings. The number of carbonyl (C=O) groups excluding carboxylic acids is 1. The van der Waals surface area contributed by atoms with E-state index in [1.54, 1.807) is 6.07 Å². The predicted octanol–water partition coefficient (Wildman–Crippen LogP) is 3.27. The van der Waals surface area contributed by atoms with E-state index in [1.165, 1.54) is 12.1 Å². The minimum absolute atomic E-state index is 0.0396. The Balaban J connectivity index is 1.31. The van der Waals surface area contributed by atoms with Crippen molar-refractivity contribution in [3.8, 4) is 0 Å². The maximum Gasteiger partial charge on any atom is 0.255 e. The second kappa shape index (κ2) is 7.38. The van der Waals surface area contributed by atoms with Gasteiger partial charge in [-0.25, -0.2) is 8.78 Å². The van der Waals surface area contributed by atoms with Crippen LogP contribution in [0.4, 0.5) is 8.78 Å². The number of likely N-dealkylation sites (tertiary alicyclic amines) is 1. The Morgan fingerprint density at radius 2 is 1.96 bits per heavy atom. The molecule has 1 saturated carbocycles. The zero-order valence-electron chi connectivity index (χ0n) is 15.4. The van der Waals surface area contributed by atoms with Crippen LogP contribution in [0.15, 0.2) is 18.2 Å². The highest BCUT2D eigenvalue weighted by Gasteiger charge is 2.33. The maximum absolute atomic E-state index is 13.4. The number of benzene rings is 1. The number of piperidine rings is 1. The maximum atomic E-state index is 13.4. The van der Waals surface area contributed by atoms with Gasteiger partial charge in [0.2, 0.25) is 0 Å². The number of nitrogens with one attached hydrogen (secondary N) is 2. The molecule has 0 atom stereocenters. The van der Waals surface area contributed by atoms with Gasteiger partial charge in [0.1, 0.15) is 0 Å². The van der Waals surface area contributed by atoms with E-state index in [0.29, 0.717) is 18.0 Å². The smallest absolute Gasteiger partial charge is 0.255 e. The van der Waals surface area contributed by atoms with Crippen LogP contribution in [0.5, 0.6) is 0 Å². The molecule has 1 aliphatic carbocycles. The standard InChI is InChI=1S/C20H24F2N4O/c1-12-18(19(25-24-12)14-3-4-14)20(27)23-15-6-8-26(9-7-15)11-13-2-5-16(21)17(22)10-13/h2,5,10,14-15H,3-4,6-9,11H2,1H3,(H,23,27)(H,24,25). The average molecular weight is 374 g/mol. The van der Waals surface area contributed by atoms with Crippen LogP contribution >= 0.6 is 0 Å². The molecule has 4 rings (SSSR count). The van der Waals surface area contributed by atoms with Crippen LogP contribution in [0.2, 0.25) is 0 Å². The van der Waals surface area contributed by atoms with E-state index < -0.39 is 11.6 Å². The summed E-state index contributed by atoms with van der Waals surface area (Å²) in [5.41, 5.74) is 3.20. The molecular weight excluding hydrogens is 350 g/mol. The molecule has 1 aliphatic heterocycles. The molecule has 144 valence electrons. The zero-order valence-corrected chi connectivity index (χ0v) is 15.4. The highest BCUT2D eigenvalue weighted by atomic mass is 19.2. The van der Waals surface area contributed by atoms with E-state index >= 15 is 0 Å². The van der Waals surface area contributed by atoms with Crippen molar-refractivity contribution in [2.75, 3.05) is 13.1 Å². The van der Waals surface area contributed by atoms with Gasteiger partial charge in [0.15, 0.2) is 11.6 Å². The number of aryl methyl sites for hydroxylation is 1. The van der Waals surface area contributed by atoms with E-state index in [-0.39, 0.29) is 11.9 Å². The van der Waals surface area contributed by atoms with Gasteiger partial charge in [-0.3, -0.25) is 14.8 Å². The van der Waals surface area contributed by atoms with Gasteiger partial charge in [-0.1, -0.05) is 6.07 Å². The number of nitrogens with zero attached hydrogens (tertiary/aromatic N) is 2. The summed E-state index contributed by atoms with van der Waals surface area (Å²) in [6.45, 7) is 4.09. The largest absolute Gasteiger partial charge is 0.349 e. The first-order chi connectivity index (χ1) is 13.0. The number of hydrogen-bond acceptors (Lipinski definition) is 3. The lowest BCUT2D eigenvalue weighted by molar-refractivity contribution is 0.0907. The third-order valence-corrected chi connectivity index (χ3v) is 5.48. The summed E-state index contributed by atoms with van der Waals surface area (Å²) >= 11 is 0. The molecule has 1 aromatic heterocycles. The van der Waals surface area contributed by atoms with Gasteiger partial charge >= 0.3 is 0 Å². The fraction of sp³-hybridized carbons (Fsp3) is 0.500. The summed E-state index contributed by atoms with van der Waals surface area (Å²) in [4.78, 5) is 14.9. The number of rotatable bonds is 5. The van der Waals surface area contributed by atoms with Crippen LogP contribution in [0.1, 0.15) is 58.9 Å². The lowest BCUT2D eigenvalue weighted by Gasteiger charge is -2.32. The Bertz CT molecular complexity index is 839. The fourth-order valence-corrected chi connectivity index (χ4v) is 3.78. The summed E-state index contributed by atoms with van der Waals surface area (Å²) in [6.07, 6.45) is 3.88. The summed E-state index contributed by atoms with van der Waals surface area (Å²) in [5, 5.41) is 10.4. The summed E-state index contributed by atoms with van der Waals surface area (Å²) in [7, 11) is 0. The van der Waals surface area contributed by atoms with E-state index in [2.05, 4.69) is 20.4 Å². The van der Waals surface area contributed by atoms with Gasteiger partial charge in [-0.05, 0) is 50.3 Å². The minimum Gasteiger partial charge on any atom is -0.349 e. The first-order valence-electron chi connectivity index (χ1n) is 9.53. The summed E-state index contributed by atoms with van der Waals surface area (Å²) in [5.74, 6) is -1.24. The van der Waals surface area contributed by atoms with E-state index in [1.807, 2.05) is 6.92 Å². The highest BCUT2D eigenvalue weighted by molar-refractivity contribution is 5.96. The van der Waals surface area contributed by atoms with Crippen molar-refractivity contribution in [1.29, 1.82) is 0 Å². The van der Waals surface area contributed by atoms with Crippen LogP contribution in [0, 0.1) is 18.6 Å². The first kappa shape index (κ1) is 18.1. The Hall–Kier alpha value is -2.28. The molecule has 5 nitrogen and oxygen atoms in total. The Kier molecular flexibility index (Phi) is 4.95. The molecular formula is C20H24F2N4O. The number of H-pyrrole nitrogens is 1. The SMILES string of the molecule is Cc1[nH]nc(C2CC2)c1C(=O)NC1CCN(Cc2ccc(F)c(F)c2)CC1. The van der Waals surface area contributed by atoms with Crippen molar-refractivity contribution in [3.63, 3.8) is 0 Å². The van der Waals surface area contributed by atoms with E-state index in [9.17, 15) is 13.6 Å². The Labute approximate surface area is 157 Å². The molecule has 0 bridgehead atoms. The van der Waals surface area contributed by atoms with Crippen LogP contribution in [0.3, 0.4) is 0 Å². The van der Waals surface area contributed by atoms with Gasteiger partial charge < -0.3 is 5.32 Å². The monoisotopic (exact) mass is 374 g/mol.